The second-order valence-electron chi connectivity index (χ2n) is 12.2. The summed E-state index contributed by atoms with van der Waals surface area (Å²) in [5.74, 6) is -0.592. The third kappa shape index (κ3) is 11.3. The van der Waals surface area contributed by atoms with E-state index in [-0.39, 0.29) is 25.0 Å². The summed E-state index contributed by atoms with van der Waals surface area (Å²) in [5.41, 5.74) is 2.55. The minimum atomic E-state index is -1.51. The van der Waals surface area contributed by atoms with E-state index in [1.165, 1.54) is 11.1 Å². The molecule has 0 N–H and O–H groups in total. The van der Waals surface area contributed by atoms with Gasteiger partial charge in [-0.05, 0) is 106 Å². The van der Waals surface area contributed by atoms with Crippen LogP contribution in [0.5, 0.6) is 0 Å². The highest BCUT2D eigenvalue weighted by atomic mass is 79.9. The Hall–Kier alpha value is -1.50. The number of halogens is 3. The Morgan fingerprint density at radius 2 is 1.20 bits per heavy atom. The summed E-state index contributed by atoms with van der Waals surface area (Å²) in [6.45, 7) is 4.22. The summed E-state index contributed by atoms with van der Waals surface area (Å²) in [7, 11) is 0. The predicted molar refractivity (Wildman–Crippen MR) is 164 cm³/mol. The molecular weight excluding hydrogens is 590 g/mol. The van der Waals surface area contributed by atoms with Gasteiger partial charge in [0.2, 0.25) is 0 Å². The summed E-state index contributed by atoms with van der Waals surface area (Å²) < 4.78 is 40.6. The van der Waals surface area contributed by atoms with E-state index < -0.39 is 24.3 Å². The molecule has 0 aromatic heterocycles. The quantitative estimate of drug-likeness (QED) is 0.133. The van der Waals surface area contributed by atoms with E-state index >= 15 is 0 Å². The van der Waals surface area contributed by atoms with Crippen molar-refractivity contribution in [2.24, 2.45) is 0 Å². The standard InChI is InChI=1S/C34H51BrF2O4/c1-3-5-7-9-11-31(36)33(38)40-27-18-13-24(14-19-27)26-17-22-29(30(35)23-26)25-15-20-28(21-16-25)41-34(39)32(37)12-10-8-6-4-2/h17,22-25,27-28,31-32H,3-16,18-21H2,1-2H3. The molecule has 0 radical (unpaired) electrons. The Morgan fingerprint density at radius 3 is 1.63 bits per heavy atom. The van der Waals surface area contributed by atoms with Crippen LogP contribution < -0.4 is 0 Å². The van der Waals surface area contributed by atoms with Crippen molar-refractivity contribution in [1.82, 2.24) is 0 Å². The first-order valence-corrected chi connectivity index (χ1v) is 17.1. The summed E-state index contributed by atoms with van der Waals surface area (Å²) >= 11 is 3.80. The van der Waals surface area contributed by atoms with Crippen LogP contribution in [0.2, 0.25) is 0 Å². The van der Waals surface area contributed by atoms with Crippen LogP contribution in [0.25, 0.3) is 0 Å². The smallest absolute Gasteiger partial charge is 0.340 e. The summed E-state index contributed by atoms with van der Waals surface area (Å²) in [6, 6.07) is 6.64. The molecule has 232 valence electrons. The number of carbonyl (C=O) groups is 2. The fraction of sp³-hybridized carbons (Fsp3) is 0.765. The molecule has 1 aromatic rings. The largest absolute Gasteiger partial charge is 0.460 e. The topological polar surface area (TPSA) is 52.6 Å². The van der Waals surface area contributed by atoms with Gasteiger partial charge >= 0.3 is 11.9 Å². The molecule has 0 bridgehead atoms. The van der Waals surface area contributed by atoms with Gasteiger partial charge in [-0.25, -0.2) is 18.4 Å². The summed E-state index contributed by atoms with van der Waals surface area (Å²) in [4.78, 5) is 24.4. The molecule has 2 atom stereocenters. The van der Waals surface area contributed by atoms with E-state index in [0.717, 1.165) is 107 Å². The molecule has 2 unspecified atom stereocenters. The highest BCUT2D eigenvalue weighted by molar-refractivity contribution is 9.10. The molecule has 0 spiro atoms. The number of hydrogen-bond donors (Lipinski definition) is 0. The SMILES string of the molecule is CCCCCCC(F)C(=O)OC1CCC(c2ccc(C3CCC(OC(=O)C(F)CCCCCC)CC3)c(Br)c2)CC1. The maximum absolute atomic E-state index is 14.2. The summed E-state index contributed by atoms with van der Waals surface area (Å²) in [5, 5.41) is 0. The lowest BCUT2D eigenvalue weighted by Gasteiger charge is -2.31. The van der Waals surface area contributed by atoms with Crippen LogP contribution in [-0.2, 0) is 19.1 Å². The van der Waals surface area contributed by atoms with Crippen LogP contribution in [0.3, 0.4) is 0 Å². The van der Waals surface area contributed by atoms with Gasteiger partial charge in [-0.1, -0.05) is 80.4 Å². The van der Waals surface area contributed by atoms with Crippen molar-refractivity contribution in [3.8, 4) is 0 Å². The predicted octanol–water partition coefficient (Wildman–Crippen LogP) is 10.2. The number of esters is 2. The molecule has 2 aliphatic carbocycles. The first kappa shape index (κ1) is 34.0. The first-order chi connectivity index (χ1) is 19.8. The molecule has 0 heterocycles. The molecule has 2 saturated carbocycles. The van der Waals surface area contributed by atoms with Crippen molar-refractivity contribution in [3.63, 3.8) is 0 Å². The van der Waals surface area contributed by atoms with Crippen LogP contribution in [0.15, 0.2) is 22.7 Å². The van der Waals surface area contributed by atoms with Crippen molar-refractivity contribution in [2.45, 2.75) is 166 Å². The summed E-state index contributed by atoms with van der Waals surface area (Å²) in [6.07, 6.45) is 11.5. The van der Waals surface area contributed by atoms with Crippen LogP contribution >= 0.6 is 15.9 Å². The van der Waals surface area contributed by atoms with Gasteiger partial charge in [-0.15, -0.1) is 0 Å². The zero-order chi connectivity index (χ0) is 29.6. The highest BCUT2D eigenvalue weighted by Gasteiger charge is 2.30. The molecule has 0 aliphatic heterocycles. The van der Waals surface area contributed by atoms with E-state index in [0.29, 0.717) is 11.8 Å². The lowest BCUT2D eigenvalue weighted by molar-refractivity contribution is -0.157. The Balaban J connectivity index is 1.39. The second-order valence-corrected chi connectivity index (χ2v) is 13.1. The zero-order valence-electron chi connectivity index (χ0n) is 25.2. The first-order valence-electron chi connectivity index (χ1n) is 16.3. The average molecular weight is 642 g/mol. The second kappa shape index (κ2) is 18.2. The van der Waals surface area contributed by atoms with E-state index in [9.17, 15) is 18.4 Å². The monoisotopic (exact) mass is 640 g/mol. The van der Waals surface area contributed by atoms with E-state index in [4.69, 9.17) is 9.47 Å². The van der Waals surface area contributed by atoms with Crippen LogP contribution in [-0.4, -0.2) is 36.5 Å². The van der Waals surface area contributed by atoms with Gasteiger partial charge < -0.3 is 9.47 Å². The fourth-order valence-corrected chi connectivity index (χ4v) is 7.07. The minimum absolute atomic E-state index is 0.187. The minimum Gasteiger partial charge on any atom is -0.460 e. The van der Waals surface area contributed by atoms with Gasteiger partial charge in [0.15, 0.2) is 12.3 Å². The van der Waals surface area contributed by atoms with Gasteiger partial charge in [-0.3, -0.25) is 0 Å². The average Bonchev–Trinajstić information content (AvgIpc) is 2.98. The van der Waals surface area contributed by atoms with Gasteiger partial charge in [0.25, 0.3) is 0 Å². The number of alkyl halides is 2. The number of hydrogen-bond acceptors (Lipinski definition) is 4. The Morgan fingerprint density at radius 1 is 0.732 bits per heavy atom. The van der Waals surface area contributed by atoms with Gasteiger partial charge in [0.1, 0.15) is 12.2 Å². The molecule has 2 aliphatic rings. The highest BCUT2D eigenvalue weighted by Crippen LogP contribution is 2.41. The van der Waals surface area contributed by atoms with Crippen LogP contribution in [0, 0.1) is 0 Å². The van der Waals surface area contributed by atoms with E-state index in [2.05, 4.69) is 48.0 Å². The zero-order valence-corrected chi connectivity index (χ0v) is 26.8. The third-order valence-electron chi connectivity index (χ3n) is 8.98. The third-order valence-corrected chi connectivity index (χ3v) is 9.67. The number of carbonyl (C=O) groups excluding carboxylic acids is 2. The van der Waals surface area contributed by atoms with Gasteiger partial charge in [0.05, 0.1) is 0 Å². The molecule has 7 heteroatoms. The van der Waals surface area contributed by atoms with Crippen molar-refractivity contribution in [2.75, 3.05) is 0 Å². The number of rotatable bonds is 16. The Kier molecular flexibility index (Phi) is 15.1. The lowest BCUT2D eigenvalue weighted by Crippen LogP contribution is -2.28. The molecule has 4 nitrogen and oxygen atoms in total. The van der Waals surface area contributed by atoms with Crippen LogP contribution in [0.4, 0.5) is 8.78 Å². The maximum Gasteiger partial charge on any atom is 0.340 e. The molecule has 0 amide bonds. The fourth-order valence-electron chi connectivity index (χ4n) is 6.35. The van der Waals surface area contributed by atoms with Crippen LogP contribution in [0.1, 0.15) is 152 Å². The van der Waals surface area contributed by atoms with Crippen molar-refractivity contribution in [3.05, 3.63) is 33.8 Å². The lowest BCUT2D eigenvalue weighted by atomic mass is 9.80. The van der Waals surface area contributed by atoms with Gasteiger partial charge in [0, 0.05) is 4.47 Å². The number of benzene rings is 1. The molecular formula is C34H51BrF2O4. The van der Waals surface area contributed by atoms with Gasteiger partial charge in [-0.2, -0.15) is 0 Å². The van der Waals surface area contributed by atoms with Crippen molar-refractivity contribution < 1.29 is 27.8 Å². The maximum atomic E-state index is 14.2. The van der Waals surface area contributed by atoms with Crippen molar-refractivity contribution in [1.29, 1.82) is 0 Å². The molecule has 0 saturated heterocycles. The number of ether oxygens (including phenoxy) is 2. The molecule has 1 aromatic carbocycles. The molecule has 2 fully saturated rings. The number of unbranched alkanes of at least 4 members (excludes halogenated alkanes) is 6. The van der Waals surface area contributed by atoms with E-state index in [1.54, 1.807) is 0 Å². The molecule has 41 heavy (non-hydrogen) atoms. The normalized spacial score (nSPS) is 24.4. The Labute approximate surface area is 254 Å². The Bertz CT molecular complexity index is 925. The van der Waals surface area contributed by atoms with Crippen molar-refractivity contribution >= 4 is 27.9 Å². The van der Waals surface area contributed by atoms with E-state index in [1.807, 2.05) is 0 Å². The molecule has 3 rings (SSSR count).